The van der Waals surface area contributed by atoms with Gasteiger partial charge >= 0.3 is 5.97 Å². The van der Waals surface area contributed by atoms with E-state index < -0.39 is 5.97 Å². The van der Waals surface area contributed by atoms with Crippen LogP contribution in [-0.2, 0) is 0 Å². The van der Waals surface area contributed by atoms with Gasteiger partial charge in [0, 0.05) is 18.3 Å². The maximum Gasteiger partial charge on any atom is 0.335 e. The van der Waals surface area contributed by atoms with Gasteiger partial charge in [0.15, 0.2) is 0 Å². The van der Waals surface area contributed by atoms with Crippen molar-refractivity contribution in [2.45, 2.75) is 25.8 Å². The van der Waals surface area contributed by atoms with E-state index in [0.717, 1.165) is 12.2 Å². The highest BCUT2D eigenvalue weighted by Gasteiger charge is 2.34. The molecule has 2 N–H and O–H groups in total. The zero-order chi connectivity index (χ0) is 13.4. The van der Waals surface area contributed by atoms with E-state index in [1.54, 1.807) is 12.1 Å². The Morgan fingerprint density at radius 2 is 2.16 bits per heavy atom. The third-order valence-electron chi connectivity index (χ3n) is 4.19. The number of aromatic carboxylic acids is 1. The average Bonchev–Trinajstić information content (AvgIpc) is 2.39. The maximum atomic E-state index is 11.1. The fourth-order valence-electron chi connectivity index (χ4n) is 3.18. The van der Waals surface area contributed by atoms with Crippen molar-refractivity contribution in [2.75, 3.05) is 25.0 Å². The molecule has 2 bridgehead atoms. The van der Waals surface area contributed by atoms with Gasteiger partial charge in [-0.25, -0.2) is 9.78 Å². The number of piperidine rings is 3. The lowest BCUT2D eigenvalue weighted by Gasteiger charge is -2.45. The van der Waals surface area contributed by atoms with Crippen molar-refractivity contribution in [3.05, 3.63) is 23.4 Å². The SMILES string of the molecule is Cc1cc(C(=O)O)cc(NC2CN3CCC2CC3)n1. The summed E-state index contributed by atoms with van der Waals surface area (Å²) in [6.45, 7) is 5.27. The Labute approximate surface area is 112 Å². The van der Waals surface area contributed by atoms with E-state index in [0.29, 0.717) is 23.3 Å². The van der Waals surface area contributed by atoms with Crippen LogP contribution in [0.3, 0.4) is 0 Å². The van der Waals surface area contributed by atoms with E-state index in [4.69, 9.17) is 5.11 Å². The molecule has 3 saturated heterocycles. The topological polar surface area (TPSA) is 65.5 Å². The van der Waals surface area contributed by atoms with Crippen LogP contribution >= 0.6 is 0 Å². The number of aryl methyl sites for hydroxylation is 1. The Morgan fingerprint density at radius 3 is 2.74 bits per heavy atom. The van der Waals surface area contributed by atoms with E-state index in [2.05, 4.69) is 15.2 Å². The molecule has 4 rings (SSSR count). The summed E-state index contributed by atoms with van der Waals surface area (Å²) in [5.74, 6) is 0.485. The summed E-state index contributed by atoms with van der Waals surface area (Å²) < 4.78 is 0. The third kappa shape index (κ3) is 2.56. The lowest BCUT2D eigenvalue weighted by atomic mass is 9.84. The molecule has 1 aromatic heterocycles. The summed E-state index contributed by atoms with van der Waals surface area (Å²) in [6, 6.07) is 3.63. The number of rotatable bonds is 3. The number of carboxylic acid groups (broad SMARTS) is 1. The first-order valence-electron chi connectivity index (χ1n) is 6.83. The largest absolute Gasteiger partial charge is 0.478 e. The molecule has 1 aromatic rings. The third-order valence-corrected chi connectivity index (χ3v) is 4.19. The first-order valence-corrected chi connectivity index (χ1v) is 6.83. The second-order valence-electron chi connectivity index (χ2n) is 5.58. The molecule has 0 aliphatic carbocycles. The fourth-order valence-corrected chi connectivity index (χ4v) is 3.18. The number of carbonyl (C=O) groups is 1. The molecule has 3 aliphatic rings. The molecule has 1 unspecified atom stereocenters. The lowest BCUT2D eigenvalue weighted by molar-refractivity contribution is 0.0696. The predicted octanol–water partition coefficient (Wildman–Crippen LogP) is 1.59. The van der Waals surface area contributed by atoms with Crippen LogP contribution in [0.4, 0.5) is 5.82 Å². The van der Waals surface area contributed by atoms with Crippen LogP contribution in [0.15, 0.2) is 12.1 Å². The molecule has 5 nitrogen and oxygen atoms in total. The number of anilines is 1. The van der Waals surface area contributed by atoms with Crippen LogP contribution in [-0.4, -0.2) is 46.6 Å². The molecular weight excluding hydrogens is 242 g/mol. The number of hydrogen-bond donors (Lipinski definition) is 2. The van der Waals surface area contributed by atoms with Crippen LogP contribution in [0, 0.1) is 12.8 Å². The Hall–Kier alpha value is -1.62. The normalized spacial score (nSPS) is 29.2. The van der Waals surface area contributed by atoms with Gasteiger partial charge in [-0.1, -0.05) is 0 Å². The first-order chi connectivity index (χ1) is 9.11. The minimum atomic E-state index is -0.900. The van der Waals surface area contributed by atoms with Crippen molar-refractivity contribution < 1.29 is 9.90 Å². The van der Waals surface area contributed by atoms with Crippen molar-refractivity contribution in [3.8, 4) is 0 Å². The molecule has 19 heavy (non-hydrogen) atoms. The van der Waals surface area contributed by atoms with E-state index in [-0.39, 0.29) is 0 Å². The summed E-state index contributed by atoms with van der Waals surface area (Å²) in [7, 11) is 0. The van der Waals surface area contributed by atoms with Crippen molar-refractivity contribution >= 4 is 11.8 Å². The molecule has 0 spiro atoms. The molecular formula is C14H19N3O2. The lowest BCUT2D eigenvalue weighted by Crippen LogP contribution is -2.53. The van der Waals surface area contributed by atoms with Crippen LogP contribution in [0.1, 0.15) is 28.9 Å². The van der Waals surface area contributed by atoms with Gasteiger partial charge in [0.2, 0.25) is 0 Å². The number of hydrogen-bond acceptors (Lipinski definition) is 4. The Kier molecular flexibility index (Phi) is 3.14. The monoisotopic (exact) mass is 261 g/mol. The zero-order valence-corrected chi connectivity index (χ0v) is 11.1. The van der Waals surface area contributed by atoms with Crippen LogP contribution in [0.2, 0.25) is 0 Å². The molecule has 3 fully saturated rings. The van der Waals surface area contributed by atoms with Gasteiger partial charge in [-0.3, -0.25) is 0 Å². The van der Waals surface area contributed by atoms with Crippen LogP contribution in [0.5, 0.6) is 0 Å². The summed E-state index contributed by atoms with van der Waals surface area (Å²) in [5.41, 5.74) is 1.04. The molecule has 0 aromatic carbocycles. The van der Waals surface area contributed by atoms with Crippen molar-refractivity contribution in [3.63, 3.8) is 0 Å². The standard InChI is InChI=1S/C14H19N3O2/c1-9-6-11(14(18)19)7-13(15-9)16-12-8-17-4-2-10(12)3-5-17/h6-7,10,12H,2-5,8H2,1H3,(H,15,16)(H,18,19). The average molecular weight is 261 g/mol. The maximum absolute atomic E-state index is 11.1. The molecule has 5 heteroatoms. The van der Waals surface area contributed by atoms with E-state index in [1.165, 1.54) is 25.9 Å². The molecule has 1 atom stereocenters. The molecule has 0 saturated carbocycles. The number of pyridine rings is 1. The number of fused-ring (bicyclic) bond motifs is 3. The van der Waals surface area contributed by atoms with Gasteiger partial charge in [0.1, 0.15) is 5.82 Å². The Bertz CT molecular complexity index is 495. The van der Waals surface area contributed by atoms with E-state index in [1.807, 2.05) is 6.92 Å². The smallest absolute Gasteiger partial charge is 0.335 e. The number of nitrogens with zero attached hydrogens (tertiary/aromatic N) is 2. The summed E-state index contributed by atoms with van der Waals surface area (Å²) in [4.78, 5) is 17.9. The Morgan fingerprint density at radius 1 is 1.42 bits per heavy atom. The zero-order valence-electron chi connectivity index (χ0n) is 11.1. The fraction of sp³-hybridized carbons (Fsp3) is 0.571. The van der Waals surface area contributed by atoms with Gasteiger partial charge in [-0.15, -0.1) is 0 Å². The first kappa shape index (κ1) is 12.4. The van der Waals surface area contributed by atoms with Gasteiger partial charge in [-0.05, 0) is 50.9 Å². The van der Waals surface area contributed by atoms with Crippen molar-refractivity contribution in [2.24, 2.45) is 5.92 Å². The highest BCUT2D eigenvalue weighted by atomic mass is 16.4. The summed E-state index contributed by atoms with van der Waals surface area (Å²) in [5, 5.41) is 12.5. The molecule has 4 heterocycles. The predicted molar refractivity (Wildman–Crippen MR) is 72.5 cm³/mol. The number of nitrogens with one attached hydrogen (secondary N) is 1. The molecule has 3 aliphatic heterocycles. The van der Waals surface area contributed by atoms with Gasteiger partial charge in [-0.2, -0.15) is 0 Å². The van der Waals surface area contributed by atoms with Crippen LogP contribution in [0.25, 0.3) is 0 Å². The molecule has 102 valence electrons. The summed E-state index contributed by atoms with van der Waals surface area (Å²) >= 11 is 0. The Balaban J connectivity index is 1.78. The second kappa shape index (κ2) is 4.81. The minimum absolute atomic E-state index is 0.302. The number of aromatic nitrogens is 1. The van der Waals surface area contributed by atoms with Gasteiger partial charge in [0.05, 0.1) is 5.56 Å². The second-order valence-corrected chi connectivity index (χ2v) is 5.58. The van der Waals surface area contributed by atoms with Crippen LogP contribution < -0.4 is 5.32 Å². The van der Waals surface area contributed by atoms with E-state index in [9.17, 15) is 4.79 Å². The number of carboxylic acids is 1. The van der Waals surface area contributed by atoms with Crippen molar-refractivity contribution in [1.82, 2.24) is 9.88 Å². The molecule has 0 radical (unpaired) electrons. The van der Waals surface area contributed by atoms with Gasteiger partial charge in [0.25, 0.3) is 0 Å². The highest BCUT2D eigenvalue weighted by Crippen LogP contribution is 2.29. The van der Waals surface area contributed by atoms with Crippen molar-refractivity contribution in [1.29, 1.82) is 0 Å². The quantitative estimate of drug-likeness (QED) is 0.865. The van der Waals surface area contributed by atoms with E-state index >= 15 is 0 Å². The van der Waals surface area contributed by atoms with Gasteiger partial charge < -0.3 is 15.3 Å². The minimum Gasteiger partial charge on any atom is -0.478 e. The summed E-state index contributed by atoms with van der Waals surface area (Å²) in [6.07, 6.45) is 2.46. The molecule has 0 amide bonds. The highest BCUT2D eigenvalue weighted by molar-refractivity contribution is 5.88.